The zero-order chi connectivity index (χ0) is 27.4. The number of pyridine rings is 2. The molecule has 12 heteroatoms. The Morgan fingerprint density at radius 1 is 1.03 bits per heavy atom. The molecule has 0 atom stereocenters. The quantitative estimate of drug-likeness (QED) is 0.401. The Morgan fingerprint density at radius 2 is 1.79 bits per heavy atom. The van der Waals surface area contributed by atoms with E-state index in [1.165, 1.54) is 23.0 Å². The summed E-state index contributed by atoms with van der Waals surface area (Å²) in [4.78, 5) is 45.0. The highest BCUT2D eigenvalue weighted by Crippen LogP contribution is 2.48. The Labute approximate surface area is 224 Å². The van der Waals surface area contributed by atoms with E-state index >= 15 is 0 Å². The lowest BCUT2D eigenvalue weighted by Gasteiger charge is -2.37. The predicted molar refractivity (Wildman–Crippen MR) is 144 cm³/mol. The molecule has 1 fully saturated rings. The minimum absolute atomic E-state index is 0.0468. The summed E-state index contributed by atoms with van der Waals surface area (Å²) in [6.07, 6.45) is 9.85. The first kappa shape index (κ1) is 25.0. The van der Waals surface area contributed by atoms with Gasteiger partial charge in [0.15, 0.2) is 0 Å². The third kappa shape index (κ3) is 4.12. The summed E-state index contributed by atoms with van der Waals surface area (Å²) in [5.41, 5.74) is 7.89. The molecule has 0 radical (unpaired) electrons. The molecule has 198 valence electrons. The molecule has 5 heterocycles. The second kappa shape index (κ2) is 9.17. The number of nitrogens with zero attached hydrogens (tertiary/aromatic N) is 6. The van der Waals surface area contributed by atoms with Gasteiger partial charge in [0.25, 0.3) is 5.91 Å². The van der Waals surface area contributed by atoms with E-state index in [4.69, 9.17) is 10.7 Å². The van der Waals surface area contributed by atoms with Crippen LogP contribution in [0.5, 0.6) is 0 Å². The van der Waals surface area contributed by atoms with Crippen molar-refractivity contribution in [1.82, 2.24) is 24.2 Å². The van der Waals surface area contributed by atoms with Crippen LogP contribution in [-0.2, 0) is 26.8 Å². The van der Waals surface area contributed by atoms with Crippen LogP contribution in [-0.4, -0.2) is 63.8 Å². The number of piperidine rings is 1. The van der Waals surface area contributed by atoms with Crippen molar-refractivity contribution >= 4 is 38.3 Å². The molecule has 0 aliphatic carbocycles. The Bertz CT molecular complexity index is 1730. The van der Waals surface area contributed by atoms with Crippen molar-refractivity contribution in [2.75, 3.05) is 24.2 Å². The van der Waals surface area contributed by atoms with E-state index < -0.39 is 21.3 Å². The highest BCUT2D eigenvalue weighted by Gasteiger charge is 2.53. The molecule has 6 rings (SSSR count). The fraction of sp³-hybridized carbons (Fsp3) is 0.259. The van der Waals surface area contributed by atoms with Gasteiger partial charge in [-0.3, -0.25) is 24.5 Å². The SMILES string of the molecule is CS(=O)(=O)N1CCC2(CC1)C(=O)N(Cc1ncc3ccccc3c1-c1cnc(C(N)=O)cn1)c1cnccc12. The molecule has 2 aliphatic heterocycles. The molecule has 1 saturated heterocycles. The minimum Gasteiger partial charge on any atom is -0.364 e. The molecular weight excluding hydrogens is 518 g/mol. The number of anilines is 1. The average Bonchev–Trinajstić information content (AvgIpc) is 3.15. The third-order valence-corrected chi connectivity index (χ3v) is 8.96. The molecule has 0 bridgehead atoms. The Morgan fingerprint density at radius 3 is 2.49 bits per heavy atom. The van der Waals surface area contributed by atoms with Gasteiger partial charge in [0, 0.05) is 36.4 Å². The van der Waals surface area contributed by atoms with E-state index in [9.17, 15) is 18.0 Å². The number of aromatic nitrogens is 4. The molecule has 2 N–H and O–H groups in total. The average molecular weight is 544 g/mol. The number of sulfonamides is 1. The second-order valence-corrected chi connectivity index (χ2v) is 11.8. The van der Waals surface area contributed by atoms with Gasteiger partial charge in [0.1, 0.15) is 5.69 Å². The number of fused-ring (bicyclic) bond motifs is 3. The van der Waals surface area contributed by atoms with Gasteiger partial charge in [0.2, 0.25) is 15.9 Å². The number of benzene rings is 1. The number of carbonyl (C=O) groups excluding carboxylic acids is 2. The normalized spacial score (nSPS) is 17.1. The molecule has 11 nitrogen and oxygen atoms in total. The summed E-state index contributed by atoms with van der Waals surface area (Å²) < 4.78 is 25.7. The van der Waals surface area contributed by atoms with Gasteiger partial charge in [-0.05, 0) is 29.9 Å². The summed E-state index contributed by atoms with van der Waals surface area (Å²) in [6, 6.07) is 9.56. The number of nitrogens with two attached hydrogens (primary N) is 1. The van der Waals surface area contributed by atoms with E-state index in [1.807, 2.05) is 30.3 Å². The molecule has 2 aliphatic rings. The van der Waals surface area contributed by atoms with Crippen molar-refractivity contribution in [3.8, 4) is 11.3 Å². The molecule has 39 heavy (non-hydrogen) atoms. The Hall–Kier alpha value is -4.29. The lowest BCUT2D eigenvalue weighted by atomic mass is 9.74. The molecule has 0 saturated carbocycles. The van der Waals surface area contributed by atoms with Crippen molar-refractivity contribution in [3.63, 3.8) is 0 Å². The van der Waals surface area contributed by atoms with Crippen molar-refractivity contribution in [1.29, 1.82) is 0 Å². The van der Waals surface area contributed by atoms with Gasteiger partial charge in [0.05, 0.1) is 53.9 Å². The zero-order valence-electron chi connectivity index (χ0n) is 21.1. The van der Waals surface area contributed by atoms with Crippen LogP contribution >= 0.6 is 0 Å². The molecule has 2 amide bonds. The zero-order valence-corrected chi connectivity index (χ0v) is 21.9. The largest absolute Gasteiger partial charge is 0.364 e. The fourth-order valence-corrected chi connectivity index (χ4v) is 6.52. The van der Waals surface area contributed by atoms with Gasteiger partial charge >= 0.3 is 0 Å². The number of amides is 2. The van der Waals surface area contributed by atoms with Gasteiger partial charge in [-0.15, -0.1) is 0 Å². The Kier molecular flexibility index (Phi) is 5.88. The van der Waals surface area contributed by atoms with Crippen molar-refractivity contribution in [3.05, 3.63) is 78.3 Å². The second-order valence-electron chi connectivity index (χ2n) is 9.85. The van der Waals surface area contributed by atoms with Crippen LogP contribution in [0.2, 0.25) is 0 Å². The van der Waals surface area contributed by atoms with Gasteiger partial charge in [-0.1, -0.05) is 24.3 Å². The minimum atomic E-state index is -3.35. The van der Waals surface area contributed by atoms with Crippen LogP contribution in [0.4, 0.5) is 5.69 Å². The first-order chi connectivity index (χ1) is 18.7. The van der Waals surface area contributed by atoms with Crippen molar-refractivity contribution < 1.29 is 18.0 Å². The maximum atomic E-state index is 14.2. The van der Waals surface area contributed by atoms with E-state index in [1.54, 1.807) is 23.5 Å². The fourth-order valence-electron chi connectivity index (χ4n) is 5.67. The van der Waals surface area contributed by atoms with Crippen LogP contribution in [0.25, 0.3) is 22.0 Å². The van der Waals surface area contributed by atoms with Crippen LogP contribution < -0.4 is 10.6 Å². The maximum Gasteiger partial charge on any atom is 0.268 e. The standard InChI is InChI=1S/C27H25N7O4S/c1-39(37,38)33-10-7-27(8-11-33)19-6-9-29-15-23(19)34(26(27)36)16-22-24(18-5-3-2-4-17(18)12-30-22)20-13-32-21(14-31-20)25(28)35/h2-6,9,12-15H,7-8,10-11,16H2,1H3,(H2,28,35). The summed E-state index contributed by atoms with van der Waals surface area (Å²) >= 11 is 0. The molecule has 1 aromatic carbocycles. The van der Waals surface area contributed by atoms with Crippen LogP contribution in [0.1, 0.15) is 34.6 Å². The number of primary amides is 1. The predicted octanol–water partition coefficient (Wildman–Crippen LogP) is 2.03. The van der Waals surface area contributed by atoms with Gasteiger partial charge in [-0.2, -0.15) is 0 Å². The highest BCUT2D eigenvalue weighted by atomic mass is 32.2. The van der Waals surface area contributed by atoms with E-state index in [2.05, 4.69) is 15.0 Å². The number of carbonyl (C=O) groups is 2. The Balaban J connectivity index is 1.43. The number of hydrogen-bond donors (Lipinski definition) is 1. The van der Waals surface area contributed by atoms with E-state index in [0.29, 0.717) is 35.5 Å². The first-order valence-electron chi connectivity index (χ1n) is 12.4. The molecule has 1 spiro atoms. The van der Waals surface area contributed by atoms with Crippen LogP contribution in [0.3, 0.4) is 0 Å². The summed E-state index contributed by atoms with van der Waals surface area (Å²) in [5.74, 6) is -0.779. The van der Waals surface area contributed by atoms with E-state index in [-0.39, 0.29) is 31.2 Å². The van der Waals surface area contributed by atoms with Crippen molar-refractivity contribution in [2.24, 2.45) is 5.73 Å². The molecule has 4 aromatic rings. The summed E-state index contributed by atoms with van der Waals surface area (Å²) in [5, 5.41) is 1.76. The third-order valence-electron chi connectivity index (χ3n) is 7.65. The topological polar surface area (TPSA) is 152 Å². The monoisotopic (exact) mass is 543 g/mol. The van der Waals surface area contributed by atoms with Gasteiger partial charge in [-0.25, -0.2) is 17.7 Å². The lowest BCUT2D eigenvalue weighted by molar-refractivity contribution is -0.124. The van der Waals surface area contributed by atoms with Crippen LogP contribution in [0.15, 0.2) is 61.3 Å². The molecule has 0 unspecified atom stereocenters. The number of hydrogen-bond acceptors (Lipinski definition) is 8. The van der Waals surface area contributed by atoms with Gasteiger partial charge < -0.3 is 10.6 Å². The molecular formula is C27H25N7O4S. The summed E-state index contributed by atoms with van der Waals surface area (Å²) in [7, 11) is -3.35. The van der Waals surface area contributed by atoms with Crippen molar-refractivity contribution in [2.45, 2.75) is 24.8 Å². The lowest BCUT2D eigenvalue weighted by Crippen LogP contribution is -2.49. The maximum absolute atomic E-state index is 14.2. The van der Waals surface area contributed by atoms with Crippen LogP contribution in [0, 0.1) is 0 Å². The summed E-state index contributed by atoms with van der Waals surface area (Å²) in [6.45, 7) is 0.678. The van der Waals surface area contributed by atoms with E-state index in [0.717, 1.165) is 16.3 Å². The molecule has 3 aromatic heterocycles. The smallest absolute Gasteiger partial charge is 0.268 e. The highest BCUT2D eigenvalue weighted by molar-refractivity contribution is 7.88. The first-order valence-corrected chi connectivity index (χ1v) is 14.2. The number of rotatable bonds is 5.